The van der Waals surface area contributed by atoms with Crippen LogP contribution in [0, 0.1) is 5.41 Å². The predicted molar refractivity (Wildman–Crippen MR) is 109 cm³/mol. The lowest BCUT2D eigenvalue weighted by atomic mass is 9.61. The molecule has 1 aliphatic heterocycles. The fourth-order valence-corrected chi connectivity index (χ4v) is 5.67. The average Bonchev–Trinajstić information content (AvgIpc) is 3.08. The van der Waals surface area contributed by atoms with Crippen LogP contribution in [-0.2, 0) is 21.5 Å². The Labute approximate surface area is 189 Å². The van der Waals surface area contributed by atoms with Crippen molar-refractivity contribution in [2.24, 2.45) is 5.41 Å². The molecule has 2 atom stereocenters. The molecule has 31 heavy (non-hydrogen) atoms. The Kier molecular flexibility index (Phi) is 5.64. The molecule has 2 fully saturated rings. The summed E-state index contributed by atoms with van der Waals surface area (Å²) in [5.41, 5.74) is -0.825. The van der Waals surface area contributed by atoms with Crippen LogP contribution in [-0.4, -0.2) is 47.1 Å². The molecule has 1 heterocycles. The van der Waals surface area contributed by atoms with Gasteiger partial charge in [-0.3, -0.25) is 9.69 Å². The number of alkyl halides is 5. The number of benzene rings is 1. The summed E-state index contributed by atoms with van der Waals surface area (Å²) in [6.07, 6.45) is -2.33. The molecule has 170 valence electrons. The molecule has 0 aromatic heterocycles. The topological polar surface area (TPSA) is 67.9 Å². The molecule has 2 unspecified atom stereocenters. The quantitative estimate of drug-likeness (QED) is 0.262. The SMILES string of the molecule is CN1C(=O)NC2(C1=O)c1cc(OCC(F)(F)F)ccc1CC21CCC(OC(F)I)CC1. The second-order valence-corrected chi connectivity index (χ2v) is 9.30. The summed E-state index contributed by atoms with van der Waals surface area (Å²) in [7, 11) is 1.38. The second-order valence-electron chi connectivity index (χ2n) is 8.32. The number of nitrogens with zero attached hydrogens (tertiary/aromatic N) is 1. The molecule has 1 saturated carbocycles. The first-order valence-electron chi connectivity index (χ1n) is 9.84. The molecule has 1 N–H and O–H groups in total. The highest BCUT2D eigenvalue weighted by molar-refractivity contribution is 14.1. The lowest BCUT2D eigenvalue weighted by molar-refractivity contribution is -0.153. The van der Waals surface area contributed by atoms with Gasteiger partial charge in [-0.25, -0.2) is 9.18 Å². The highest BCUT2D eigenvalue weighted by Gasteiger charge is 2.67. The van der Waals surface area contributed by atoms with Gasteiger partial charge in [-0.05, 0) is 78.0 Å². The highest BCUT2D eigenvalue weighted by atomic mass is 127. The van der Waals surface area contributed by atoms with E-state index in [0.29, 0.717) is 37.7 Å². The minimum Gasteiger partial charge on any atom is -0.484 e. The normalized spacial score (nSPS) is 31.3. The van der Waals surface area contributed by atoms with Gasteiger partial charge in [0, 0.05) is 12.5 Å². The molecule has 1 aromatic rings. The van der Waals surface area contributed by atoms with Crippen molar-refractivity contribution in [2.75, 3.05) is 13.7 Å². The van der Waals surface area contributed by atoms with E-state index in [1.54, 1.807) is 28.7 Å². The maximum atomic E-state index is 13.4. The van der Waals surface area contributed by atoms with Gasteiger partial charge in [0.15, 0.2) is 12.1 Å². The number of halogens is 5. The zero-order chi connectivity index (χ0) is 22.6. The zero-order valence-corrected chi connectivity index (χ0v) is 18.8. The molecule has 3 amide bonds. The average molecular weight is 556 g/mol. The van der Waals surface area contributed by atoms with E-state index in [-0.39, 0.29) is 11.9 Å². The molecule has 0 bridgehead atoms. The number of carbonyl (C=O) groups excluding carboxylic acids is 2. The van der Waals surface area contributed by atoms with Crippen molar-refractivity contribution in [3.63, 3.8) is 0 Å². The monoisotopic (exact) mass is 556 g/mol. The molecule has 0 radical (unpaired) electrons. The third kappa shape index (κ3) is 3.77. The van der Waals surface area contributed by atoms with Crippen molar-refractivity contribution >= 4 is 34.5 Å². The molecule has 6 nitrogen and oxygen atoms in total. The number of carbonyl (C=O) groups is 2. The van der Waals surface area contributed by atoms with Crippen molar-refractivity contribution in [3.8, 4) is 5.75 Å². The summed E-state index contributed by atoms with van der Waals surface area (Å²) in [5, 5.41) is 2.84. The number of ether oxygens (including phenoxy) is 2. The first kappa shape index (κ1) is 22.6. The summed E-state index contributed by atoms with van der Waals surface area (Å²) >= 11 is 1.54. The van der Waals surface area contributed by atoms with Crippen molar-refractivity contribution in [1.82, 2.24) is 10.2 Å². The molecule has 11 heteroatoms. The maximum absolute atomic E-state index is 13.4. The van der Waals surface area contributed by atoms with Crippen molar-refractivity contribution in [2.45, 2.75) is 54.3 Å². The van der Waals surface area contributed by atoms with Crippen LogP contribution < -0.4 is 10.1 Å². The van der Waals surface area contributed by atoms with E-state index in [1.165, 1.54) is 19.2 Å². The smallest absolute Gasteiger partial charge is 0.422 e. The number of fused-ring (bicyclic) bond motifs is 3. The van der Waals surface area contributed by atoms with Gasteiger partial charge in [0.2, 0.25) is 0 Å². The first-order valence-corrected chi connectivity index (χ1v) is 11.1. The molecule has 2 spiro atoms. The minimum absolute atomic E-state index is 0.0219. The van der Waals surface area contributed by atoms with Crippen LogP contribution in [0.15, 0.2) is 18.2 Å². The molecular formula is C20H21F4IN2O4. The second kappa shape index (κ2) is 7.75. The Bertz CT molecular complexity index is 902. The summed E-state index contributed by atoms with van der Waals surface area (Å²) in [6.45, 7) is -1.45. The fraction of sp³-hybridized carbons (Fsp3) is 0.600. The number of hydrogen-bond donors (Lipinski definition) is 1. The Morgan fingerprint density at radius 2 is 1.97 bits per heavy atom. The zero-order valence-electron chi connectivity index (χ0n) is 16.6. The number of nitrogens with one attached hydrogen (secondary N) is 1. The van der Waals surface area contributed by atoms with E-state index in [2.05, 4.69) is 5.32 Å². The van der Waals surface area contributed by atoms with Crippen LogP contribution in [0.1, 0.15) is 36.8 Å². The summed E-state index contributed by atoms with van der Waals surface area (Å²) in [4.78, 5) is 26.9. The van der Waals surface area contributed by atoms with Crippen LogP contribution in [0.4, 0.5) is 22.4 Å². The van der Waals surface area contributed by atoms with Crippen molar-refractivity contribution in [3.05, 3.63) is 29.3 Å². The third-order valence-electron chi connectivity index (χ3n) is 6.62. The van der Waals surface area contributed by atoms with E-state index in [4.69, 9.17) is 9.47 Å². The van der Waals surface area contributed by atoms with Crippen molar-refractivity contribution in [1.29, 1.82) is 0 Å². The van der Waals surface area contributed by atoms with Gasteiger partial charge in [-0.15, -0.1) is 0 Å². The lowest BCUT2D eigenvalue weighted by Gasteiger charge is -2.46. The van der Waals surface area contributed by atoms with E-state index in [0.717, 1.165) is 10.5 Å². The van der Waals surface area contributed by atoms with Gasteiger partial charge < -0.3 is 14.8 Å². The number of hydrogen-bond acceptors (Lipinski definition) is 4. The number of rotatable bonds is 4. The third-order valence-corrected chi connectivity index (χ3v) is 6.92. The van der Waals surface area contributed by atoms with Crippen LogP contribution in [0.5, 0.6) is 5.75 Å². The Morgan fingerprint density at radius 3 is 2.52 bits per heavy atom. The largest absolute Gasteiger partial charge is 0.484 e. The van der Waals surface area contributed by atoms with Gasteiger partial charge >= 0.3 is 12.2 Å². The van der Waals surface area contributed by atoms with Gasteiger partial charge in [-0.1, -0.05) is 6.07 Å². The van der Waals surface area contributed by atoms with Gasteiger partial charge in [-0.2, -0.15) is 13.2 Å². The van der Waals surface area contributed by atoms with E-state index in [9.17, 15) is 27.2 Å². The number of imide groups is 1. The van der Waals surface area contributed by atoms with Crippen LogP contribution >= 0.6 is 22.6 Å². The van der Waals surface area contributed by atoms with Crippen LogP contribution in [0.3, 0.4) is 0 Å². The van der Waals surface area contributed by atoms with Gasteiger partial charge in [0.25, 0.3) is 10.3 Å². The molecule has 4 rings (SSSR count). The van der Waals surface area contributed by atoms with Crippen molar-refractivity contribution < 1.29 is 36.6 Å². The fourth-order valence-electron chi connectivity index (χ4n) is 5.26. The van der Waals surface area contributed by atoms with Crippen LogP contribution in [0.25, 0.3) is 0 Å². The van der Waals surface area contributed by atoms with Gasteiger partial charge in [0.05, 0.1) is 6.10 Å². The molecule has 1 aromatic carbocycles. The first-order chi connectivity index (χ1) is 14.5. The molecule has 1 saturated heterocycles. The number of urea groups is 1. The Balaban J connectivity index is 1.71. The lowest BCUT2D eigenvalue weighted by Crippen LogP contribution is -2.56. The molecular weight excluding hydrogens is 535 g/mol. The van der Waals surface area contributed by atoms with E-state index >= 15 is 0 Å². The van der Waals surface area contributed by atoms with Gasteiger partial charge in [0.1, 0.15) is 5.75 Å². The molecule has 3 aliphatic rings. The maximum Gasteiger partial charge on any atom is 0.422 e. The van der Waals surface area contributed by atoms with E-state index in [1.807, 2.05) is 0 Å². The number of likely N-dealkylation sites (N-methyl/N-ethyl adjacent to an activating group) is 1. The Hall–Kier alpha value is -1.63. The minimum atomic E-state index is -4.50. The van der Waals surface area contributed by atoms with Crippen LogP contribution in [0.2, 0.25) is 0 Å². The summed E-state index contributed by atoms with van der Waals surface area (Å²) in [5.74, 6) is -0.466. The highest BCUT2D eigenvalue weighted by Crippen LogP contribution is 2.60. The Morgan fingerprint density at radius 1 is 1.29 bits per heavy atom. The summed E-state index contributed by atoms with van der Waals surface area (Å²) in [6, 6.07) is 3.97. The predicted octanol–water partition coefficient (Wildman–Crippen LogP) is 4.19. The number of amides is 3. The summed E-state index contributed by atoms with van der Waals surface area (Å²) < 4.78 is 59.8. The molecule has 2 aliphatic carbocycles. The standard InChI is InChI=1S/C20H21F4IN2O4/c1-27-15(28)20(26-17(27)29)14-8-13(30-10-19(22,23)24)3-2-11(14)9-18(20)6-4-12(5-7-18)31-16(21)25/h2-3,8,12,16H,4-7,9-10H2,1H3,(H,26,29). The van der Waals surface area contributed by atoms with E-state index < -0.39 is 40.0 Å².